The van der Waals surface area contributed by atoms with Crippen LogP contribution in [0, 0.1) is 16.7 Å². The van der Waals surface area contributed by atoms with Crippen LogP contribution in [0.5, 0.6) is 0 Å². The molecular weight excluding hydrogens is 272 g/mol. The van der Waals surface area contributed by atoms with Crippen LogP contribution in [0.25, 0.3) is 10.8 Å². The molecule has 1 saturated carbocycles. The summed E-state index contributed by atoms with van der Waals surface area (Å²) in [5.74, 6) is -0.0274. The first kappa shape index (κ1) is 14.6. The van der Waals surface area contributed by atoms with Gasteiger partial charge in [0.25, 0.3) is 0 Å². The quantitative estimate of drug-likeness (QED) is 0.861. The second-order valence-electron chi connectivity index (χ2n) is 6.20. The molecule has 1 fully saturated rings. The first-order chi connectivity index (χ1) is 10.7. The van der Waals surface area contributed by atoms with Crippen LogP contribution in [0.2, 0.25) is 0 Å². The zero-order valence-electron chi connectivity index (χ0n) is 12.9. The van der Waals surface area contributed by atoms with Crippen molar-refractivity contribution in [2.75, 3.05) is 7.05 Å². The highest BCUT2D eigenvalue weighted by Crippen LogP contribution is 2.39. The minimum absolute atomic E-state index is 0.0274. The van der Waals surface area contributed by atoms with Crippen molar-refractivity contribution in [3.63, 3.8) is 0 Å². The molecule has 0 heterocycles. The molecule has 1 amide bonds. The van der Waals surface area contributed by atoms with Gasteiger partial charge in [-0.3, -0.25) is 4.79 Å². The maximum Gasteiger partial charge on any atom is 0.243 e. The first-order valence-corrected chi connectivity index (χ1v) is 7.80. The van der Waals surface area contributed by atoms with Crippen molar-refractivity contribution in [1.82, 2.24) is 4.90 Å². The van der Waals surface area contributed by atoms with Crippen LogP contribution in [0.4, 0.5) is 0 Å². The van der Waals surface area contributed by atoms with E-state index in [1.54, 1.807) is 4.90 Å². The molecule has 0 saturated heterocycles. The number of carbonyl (C=O) groups excluding carboxylic acids is 1. The number of hydrogen-bond acceptors (Lipinski definition) is 2. The van der Waals surface area contributed by atoms with Gasteiger partial charge in [0.1, 0.15) is 5.41 Å². The van der Waals surface area contributed by atoms with Gasteiger partial charge < -0.3 is 4.90 Å². The molecule has 0 atom stereocenters. The lowest BCUT2D eigenvalue weighted by Gasteiger charge is -2.27. The molecule has 0 aliphatic heterocycles. The monoisotopic (exact) mass is 292 g/mol. The Labute approximate surface area is 131 Å². The number of fused-ring (bicyclic) bond motifs is 1. The highest BCUT2D eigenvalue weighted by molar-refractivity contribution is 5.88. The summed E-state index contributed by atoms with van der Waals surface area (Å²) in [6.07, 6.45) is 3.34. The number of nitrogens with zero attached hydrogens (tertiary/aromatic N) is 2. The minimum Gasteiger partial charge on any atom is -0.340 e. The van der Waals surface area contributed by atoms with Gasteiger partial charge in [0.05, 0.1) is 6.07 Å². The predicted molar refractivity (Wildman–Crippen MR) is 86.9 cm³/mol. The number of rotatable bonds is 3. The van der Waals surface area contributed by atoms with E-state index in [1.165, 1.54) is 10.8 Å². The van der Waals surface area contributed by atoms with Crippen LogP contribution in [-0.4, -0.2) is 17.9 Å². The smallest absolute Gasteiger partial charge is 0.243 e. The highest BCUT2D eigenvalue weighted by atomic mass is 16.2. The third-order valence-corrected chi connectivity index (χ3v) is 4.71. The van der Waals surface area contributed by atoms with Gasteiger partial charge in [0, 0.05) is 13.6 Å². The molecule has 1 aliphatic carbocycles. The molecule has 0 unspecified atom stereocenters. The number of benzene rings is 2. The van der Waals surface area contributed by atoms with E-state index >= 15 is 0 Å². The van der Waals surface area contributed by atoms with Crippen LogP contribution < -0.4 is 0 Å². The molecule has 2 aromatic carbocycles. The van der Waals surface area contributed by atoms with Crippen molar-refractivity contribution in [1.29, 1.82) is 5.26 Å². The molecule has 22 heavy (non-hydrogen) atoms. The van der Waals surface area contributed by atoms with Crippen molar-refractivity contribution >= 4 is 16.7 Å². The molecule has 3 heteroatoms. The fourth-order valence-electron chi connectivity index (χ4n) is 3.48. The largest absolute Gasteiger partial charge is 0.340 e. The van der Waals surface area contributed by atoms with Crippen LogP contribution in [0.15, 0.2) is 42.5 Å². The summed E-state index contributed by atoms with van der Waals surface area (Å²) in [4.78, 5) is 14.5. The van der Waals surface area contributed by atoms with E-state index in [0.29, 0.717) is 19.4 Å². The summed E-state index contributed by atoms with van der Waals surface area (Å²) in [5, 5.41) is 11.8. The van der Waals surface area contributed by atoms with E-state index in [4.69, 9.17) is 0 Å². The van der Waals surface area contributed by atoms with E-state index in [2.05, 4.69) is 30.3 Å². The Hall–Kier alpha value is -2.34. The number of amides is 1. The third-order valence-electron chi connectivity index (χ3n) is 4.71. The van der Waals surface area contributed by atoms with E-state index < -0.39 is 5.41 Å². The molecule has 3 rings (SSSR count). The Morgan fingerprint density at radius 1 is 1.18 bits per heavy atom. The lowest BCUT2D eigenvalue weighted by atomic mass is 9.86. The number of hydrogen-bond donors (Lipinski definition) is 0. The zero-order valence-corrected chi connectivity index (χ0v) is 12.9. The van der Waals surface area contributed by atoms with Crippen LogP contribution >= 0.6 is 0 Å². The van der Waals surface area contributed by atoms with E-state index in [-0.39, 0.29) is 5.91 Å². The lowest BCUT2D eigenvalue weighted by Crippen LogP contribution is -2.39. The van der Waals surface area contributed by atoms with Crippen molar-refractivity contribution in [2.45, 2.75) is 32.2 Å². The average molecular weight is 292 g/mol. The molecule has 0 N–H and O–H groups in total. The van der Waals surface area contributed by atoms with Crippen molar-refractivity contribution in [2.24, 2.45) is 5.41 Å². The summed E-state index contributed by atoms with van der Waals surface area (Å²) < 4.78 is 0. The highest BCUT2D eigenvalue weighted by Gasteiger charge is 2.43. The fraction of sp³-hybridized carbons (Fsp3) is 0.368. The molecule has 3 nitrogen and oxygen atoms in total. The SMILES string of the molecule is CN(Cc1cccc2ccccc12)C(=O)C1(C#N)CCCC1. The molecule has 1 aliphatic rings. The lowest BCUT2D eigenvalue weighted by molar-refractivity contribution is -0.138. The summed E-state index contributed by atoms with van der Waals surface area (Å²) >= 11 is 0. The molecule has 0 radical (unpaired) electrons. The van der Waals surface area contributed by atoms with Crippen LogP contribution in [-0.2, 0) is 11.3 Å². The Kier molecular flexibility index (Phi) is 3.85. The summed E-state index contributed by atoms with van der Waals surface area (Å²) in [5.41, 5.74) is 0.333. The molecule has 2 aromatic rings. The average Bonchev–Trinajstić information content (AvgIpc) is 3.04. The molecular formula is C19H20N2O. The predicted octanol–water partition coefficient (Wildman–Crippen LogP) is 3.88. The second kappa shape index (κ2) is 5.81. The van der Waals surface area contributed by atoms with Gasteiger partial charge in [-0.1, -0.05) is 55.3 Å². The third kappa shape index (κ3) is 2.46. The van der Waals surface area contributed by atoms with Gasteiger partial charge in [-0.2, -0.15) is 5.26 Å². The van der Waals surface area contributed by atoms with Crippen molar-refractivity contribution < 1.29 is 4.79 Å². The van der Waals surface area contributed by atoms with Gasteiger partial charge in [0.15, 0.2) is 0 Å². The molecule has 112 valence electrons. The summed E-state index contributed by atoms with van der Waals surface area (Å²) in [6, 6.07) is 16.6. The fourth-order valence-corrected chi connectivity index (χ4v) is 3.48. The molecule has 0 bridgehead atoms. The van der Waals surface area contributed by atoms with Crippen molar-refractivity contribution in [3.05, 3.63) is 48.0 Å². The Morgan fingerprint density at radius 2 is 1.86 bits per heavy atom. The number of nitriles is 1. The van der Waals surface area contributed by atoms with Gasteiger partial charge in [-0.05, 0) is 29.2 Å². The Morgan fingerprint density at radius 3 is 2.59 bits per heavy atom. The molecule has 0 spiro atoms. The van der Waals surface area contributed by atoms with Gasteiger partial charge in [-0.25, -0.2) is 0 Å². The summed E-state index contributed by atoms with van der Waals surface area (Å²) in [7, 11) is 1.81. The van der Waals surface area contributed by atoms with Gasteiger partial charge in [0.2, 0.25) is 5.91 Å². The zero-order chi connectivity index (χ0) is 15.6. The van der Waals surface area contributed by atoms with Gasteiger partial charge >= 0.3 is 0 Å². The maximum absolute atomic E-state index is 12.7. The summed E-state index contributed by atoms with van der Waals surface area (Å²) in [6.45, 7) is 0.545. The Balaban J connectivity index is 1.86. The second-order valence-corrected chi connectivity index (χ2v) is 6.20. The topological polar surface area (TPSA) is 44.1 Å². The van der Waals surface area contributed by atoms with Crippen LogP contribution in [0.1, 0.15) is 31.2 Å². The van der Waals surface area contributed by atoms with E-state index in [0.717, 1.165) is 18.4 Å². The molecule has 0 aromatic heterocycles. The normalized spacial score (nSPS) is 16.4. The van der Waals surface area contributed by atoms with Crippen LogP contribution in [0.3, 0.4) is 0 Å². The Bertz CT molecular complexity index is 733. The van der Waals surface area contributed by atoms with E-state index in [9.17, 15) is 10.1 Å². The maximum atomic E-state index is 12.7. The number of carbonyl (C=O) groups is 1. The standard InChI is InChI=1S/C19H20N2O/c1-21(18(22)19(14-20)11-4-5-12-19)13-16-9-6-8-15-7-2-3-10-17(15)16/h2-3,6-10H,4-5,11-13H2,1H3. The van der Waals surface area contributed by atoms with Crippen molar-refractivity contribution in [3.8, 4) is 6.07 Å². The van der Waals surface area contributed by atoms with Gasteiger partial charge in [-0.15, -0.1) is 0 Å². The first-order valence-electron chi connectivity index (χ1n) is 7.80. The van der Waals surface area contributed by atoms with E-state index in [1.807, 2.05) is 25.2 Å². The minimum atomic E-state index is -0.792.